The van der Waals surface area contributed by atoms with Crippen molar-refractivity contribution in [1.82, 2.24) is 14.8 Å². The molecule has 0 unspecified atom stereocenters. The molecule has 0 saturated heterocycles. The lowest BCUT2D eigenvalue weighted by molar-refractivity contribution is -0.136. The standard InChI is InChI=1S/C12H15N3O2S2/c1-7-4-9(15(3)14-7)6-18-12-13-8(2)10(19-12)5-11(16)17/h4H,5-6H2,1-3H3,(H,16,17). The van der Waals surface area contributed by atoms with Gasteiger partial charge in [0.1, 0.15) is 0 Å². The van der Waals surface area contributed by atoms with Crippen molar-refractivity contribution in [3.05, 3.63) is 28.0 Å². The second-order valence-corrected chi connectivity index (χ2v) is 6.55. The first-order valence-corrected chi connectivity index (χ1v) is 7.56. The van der Waals surface area contributed by atoms with Gasteiger partial charge in [-0.05, 0) is 19.9 Å². The van der Waals surface area contributed by atoms with Crippen LogP contribution in [0, 0.1) is 13.8 Å². The van der Waals surface area contributed by atoms with Crippen LogP contribution in [0.3, 0.4) is 0 Å². The summed E-state index contributed by atoms with van der Waals surface area (Å²) in [5.41, 5.74) is 2.95. The monoisotopic (exact) mass is 297 g/mol. The second-order valence-electron chi connectivity index (χ2n) is 4.25. The van der Waals surface area contributed by atoms with Gasteiger partial charge in [0.05, 0.1) is 17.8 Å². The average molecular weight is 297 g/mol. The van der Waals surface area contributed by atoms with E-state index < -0.39 is 5.97 Å². The van der Waals surface area contributed by atoms with Gasteiger partial charge >= 0.3 is 5.97 Å². The molecule has 5 nitrogen and oxygen atoms in total. The molecule has 0 atom stereocenters. The minimum Gasteiger partial charge on any atom is -0.481 e. The van der Waals surface area contributed by atoms with Crippen molar-refractivity contribution in [3.8, 4) is 0 Å². The summed E-state index contributed by atoms with van der Waals surface area (Å²) in [6, 6.07) is 2.05. The number of nitrogens with zero attached hydrogens (tertiary/aromatic N) is 3. The molecule has 0 aliphatic carbocycles. The summed E-state index contributed by atoms with van der Waals surface area (Å²) in [5.74, 6) is -0.0258. The molecule has 102 valence electrons. The molecule has 0 saturated carbocycles. The van der Waals surface area contributed by atoms with E-state index >= 15 is 0 Å². The molecule has 19 heavy (non-hydrogen) atoms. The Bertz CT molecular complexity index is 604. The van der Waals surface area contributed by atoms with Gasteiger partial charge < -0.3 is 5.11 Å². The molecule has 0 aliphatic heterocycles. The van der Waals surface area contributed by atoms with Crippen LogP contribution in [0.25, 0.3) is 0 Å². The predicted molar refractivity (Wildman–Crippen MR) is 75.7 cm³/mol. The fraction of sp³-hybridized carbons (Fsp3) is 0.417. The van der Waals surface area contributed by atoms with Crippen LogP contribution in [0.1, 0.15) is 22.0 Å². The lowest BCUT2D eigenvalue weighted by atomic mass is 10.3. The van der Waals surface area contributed by atoms with E-state index in [2.05, 4.69) is 10.1 Å². The van der Waals surface area contributed by atoms with Gasteiger partial charge in [0.25, 0.3) is 0 Å². The second kappa shape index (κ2) is 5.75. The summed E-state index contributed by atoms with van der Waals surface area (Å²) >= 11 is 3.08. The zero-order chi connectivity index (χ0) is 14.0. The van der Waals surface area contributed by atoms with Crippen LogP contribution in [-0.4, -0.2) is 25.8 Å². The van der Waals surface area contributed by atoms with E-state index in [0.717, 1.165) is 32.1 Å². The van der Waals surface area contributed by atoms with Crippen LogP contribution in [0.5, 0.6) is 0 Å². The number of thioether (sulfide) groups is 1. The molecule has 0 amide bonds. The molecule has 0 aromatic carbocycles. The van der Waals surface area contributed by atoms with Gasteiger partial charge in [0.2, 0.25) is 0 Å². The predicted octanol–water partition coefficient (Wildman–Crippen LogP) is 2.41. The molecule has 0 spiro atoms. The maximum Gasteiger partial charge on any atom is 0.308 e. The highest BCUT2D eigenvalue weighted by Gasteiger charge is 2.12. The van der Waals surface area contributed by atoms with Crippen LogP contribution in [0.2, 0.25) is 0 Å². The molecule has 0 radical (unpaired) electrons. The lowest BCUT2D eigenvalue weighted by Crippen LogP contribution is -1.99. The number of rotatable bonds is 5. The zero-order valence-corrected chi connectivity index (χ0v) is 12.6. The van der Waals surface area contributed by atoms with Gasteiger partial charge in [-0.25, -0.2) is 4.98 Å². The number of carboxylic acids is 1. The molecule has 0 bridgehead atoms. The Labute approximate surface area is 119 Å². The summed E-state index contributed by atoms with van der Waals surface area (Å²) in [4.78, 5) is 16.0. The highest BCUT2D eigenvalue weighted by Crippen LogP contribution is 2.30. The molecule has 2 aromatic rings. The van der Waals surface area contributed by atoms with E-state index in [1.165, 1.54) is 11.3 Å². The SMILES string of the molecule is Cc1cc(CSc2nc(C)c(CC(=O)O)s2)n(C)n1. The topological polar surface area (TPSA) is 68.0 Å². The van der Waals surface area contributed by atoms with Crippen LogP contribution in [-0.2, 0) is 24.0 Å². The van der Waals surface area contributed by atoms with Gasteiger partial charge in [0.15, 0.2) is 4.34 Å². The summed E-state index contributed by atoms with van der Waals surface area (Å²) in [7, 11) is 1.92. The molecule has 1 N–H and O–H groups in total. The van der Waals surface area contributed by atoms with Crippen molar-refractivity contribution >= 4 is 29.1 Å². The number of thiazole rings is 1. The Morgan fingerprint density at radius 3 is 2.84 bits per heavy atom. The molecule has 2 heterocycles. The first-order valence-electron chi connectivity index (χ1n) is 5.76. The molecule has 0 fully saturated rings. The van der Waals surface area contributed by atoms with E-state index in [1.54, 1.807) is 11.8 Å². The van der Waals surface area contributed by atoms with Gasteiger partial charge in [0, 0.05) is 23.4 Å². The largest absolute Gasteiger partial charge is 0.481 e. The van der Waals surface area contributed by atoms with Gasteiger partial charge in [-0.15, -0.1) is 11.3 Å². The Morgan fingerprint density at radius 2 is 2.26 bits per heavy atom. The van der Waals surface area contributed by atoms with Gasteiger partial charge in [-0.1, -0.05) is 11.8 Å². The Kier molecular flexibility index (Phi) is 4.26. The third-order valence-electron chi connectivity index (χ3n) is 2.63. The van der Waals surface area contributed by atoms with E-state index in [-0.39, 0.29) is 6.42 Å². The molecular formula is C12H15N3O2S2. The minimum absolute atomic E-state index is 0.0505. The van der Waals surface area contributed by atoms with Crippen molar-refractivity contribution < 1.29 is 9.90 Å². The third-order valence-corrected chi connectivity index (χ3v) is 4.96. The molecule has 0 aliphatic rings. The first kappa shape index (κ1) is 14.1. The van der Waals surface area contributed by atoms with Gasteiger partial charge in [-0.2, -0.15) is 5.10 Å². The average Bonchev–Trinajstić information content (AvgIpc) is 2.79. The fourth-order valence-corrected chi connectivity index (χ4v) is 3.94. The molecule has 2 aromatic heterocycles. The summed E-state index contributed by atoms with van der Waals surface area (Å²) in [5, 5.41) is 13.1. The molecule has 2 rings (SSSR count). The zero-order valence-electron chi connectivity index (χ0n) is 11.0. The van der Waals surface area contributed by atoms with Crippen LogP contribution < -0.4 is 0 Å². The Hall–Kier alpha value is -1.34. The number of aromatic nitrogens is 3. The fourth-order valence-electron chi connectivity index (χ4n) is 1.70. The maximum atomic E-state index is 10.7. The summed E-state index contributed by atoms with van der Waals surface area (Å²) < 4.78 is 2.77. The number of carboxylic acid groups (broad SMARTS) is 1. The van der Waals surface area contributed by atoms with E-state index in [1.807, 2.05) is 31.6 Å². The van der Waals surface area contributed by atoms with E-state index in [4.69, 9.17) is 5.11 Å². The minimum atomic E-state index is -0.814. The van der Waals surface area contributed by atoms with Crippen molar-refractivity contribution in [3.63, 3.8) is 0 Å². The number of hydrogen-bond donors (Lipinski definition) is 1. The molecule has 7 heteroatoms. The highest BCUT2D eigenvalue weighted by atomic mass is 32.2. The highest BCUT2D eigenvalue weighted by molar-refractivity contribution is 8.00. The van der Waals surface area contributed by atoms with Crippen LogP contribution in [0.4, 0.5) is 0 Å². The molecular weight excluding hydrogens is 282 g/mol. The van der Waals surface area contributed by atoms with Crippen molar-refractivity contribution in [2.24, 2.45) is 7.05 Å². The van der Waals surface area contributed by atoms with Gasteiger partial charge in [-0.3, -0.25) is 9.48 Å². The van der Waals surface area contributed by atoms with Crippen molar-refractivity contribution in [2.45, 2.75) is 30.4 Å². The van der Waals surface area contributed by atoms with Crippen LogP contribution in [0.15, 0.2) is 10.4 Å². The summed E-state index contributed by atoms with van der Waals surface area (Å²) in [6.45, 7) is 3.82. The number of hydrogen-bond acceptors (Lipinski definition) is 5. The van der Waals surface area contributed by atoms with Crippen molar-refractivity contribution in [2.75, 3.05) is 0 Å². The van der Waals surface area contributed by atoms with Crippen LogP contribution >= 0.6 is 23.1 Å². The summed E-state index contributed by atoms with van der Waals surface area (Å²) in [6.07, 6.45) is 0.0505. The Morgan fingerprint density at radius 1 is 1.53 bits per heavy atom. The number of aryl methyl sites for hydroxylation is 3. The quantitative estimate of drug-likeness (QED) is 0.858. The Balaban J connectivity index is 2.04. The number of carbonyl (C=O) groups is 1. The number of aliphatic carboxylic acids is 1. The van der Waals surface area contributed by atoms with E-state index in [0.29, 0.717) is 0 Å². The normalized spacial score (nSPS) is 10.9. The third kappa shape index (κ3) is 3.57. The lowest BCUT2D eigenvalue weighted by Gasteiger charge is -1.98. The van der Waals surface area contributed by atoms with Crippen molar-refractivity contribution in [1.29, 1.82) is 0 Å². The van der Waals surface area contributed by atoms with E-state index in [9.17, 15) is 4.79 Å². The first-order chi connectivity index (χ1) is 8.95. The maximum absolute atomic E-state index is 10.7. The smallest absolute Gasteiger partial charge is 0.308 e.